The Hall–Kier alpha value is -1.40. The third kappa shape index (κ3) is 3.54. The molecule has 0 fully saturated rings. The smallest absolute Gasteiger partial charge is 0.339 e. The number of methoxy groups -OCH3 is 1. The van der Waals surface area contributed by atoms with Gasteiger partial charge < -0.3 is 15.2 Å². The Morgan fingerprint density at radius 3 is 2.82 bits per heavy atom. The topological polar surface area (TPSA) is 76.4 Å². The van der Waals surface area contributed by atoms with E-state index in [0.717, 1.165) is 0 Å². The molecule has 6 heteroatoms. The van der Waals surface area contributed by atoms with Crippen molar-refractivity contribution in [2.45, 2.75) is 26.0 Å². The van der Waals surface area contributed by atoms with Crippen molar-refractivity contribution in [2.75, 3.05) is 13.7 Å². The van der Waals surface area contributed by atoms with Crippen LogP contribution in [0, 0.1) is 0 Å². The van der Waals surface area contributed by atoms with Gasteiger partial charge in [0, 0.05) is 27.2 Å². The van der Waals surface area contributed by atoms with E-state index in [9.17, 15) is 4.79 Å². The molecular weight excluding hydrogens is 222 g/mol. The summed E-state index contributed by atoms with van der Waals surface area (Å²) in [4.78, 5) is 10.9. The second-order valence-corrected chi connectivity index (χ2v) is 4.50. The van der Waals surface area contributed by atoms with Crippen LogP contribution in [0.5, 0.6) is 0 Å². The Kier molecular flexibility index (Phi) is 4.25. The van der Waals surface area contributed by atoms with E-state index in [2.05, 4.69) is 10.4 Å². The molecule has 0 amide bonds. The highest BCUT2D eigenvalue weighted by Crippen LogP contribution is 2.09. The van der Waals surface area contributed by atoms with Gasteiger partial charge in [0.25, 0.3) is 0 Å². The Bertz CT molecular complexity index is 399. The average molecular weight is 241 g/mol. The number of aryl methyl sites for hydroxylation is 1. The van der Waals surface area contributed by atoms with E-state index in [4.69, 9.17) is 9.84 Å². The zero-order valence-corrected chi connectivity index (χ0v) is 10.6. The predicted octanol–water partition coefficient (Wildman–Crippen LogP) is 0.633. The van der Waals surface area contributed by atoms with Crippen LogP contribution in [-0.4, -0.2) is 40.1 Å². The summed E-state index contributed by atoms with van der Waals surface area (Å²) in [6.07, 6.45) is 1.36. The van der Waals surface area contributed by atoms with Crippen LogP contribution in [0.3, 0.4) is 0 Å². The van der Waals surface area contributed by atoms with E-state index < -0.39 is 5.97 Å². The van der Waals surface area contributed by atoms with Gasteiger partial charge in [-0.1, -0.05) is 0 Å². The monoisotopic (exact) mass is 241 g/mol. The van der Waals surface area contributed by atoms with Gasteiger partial charge in [-0.15, -0.1) is 0 Å². The van der Waals surface area contributed by atoms with E-state index in [1.807, 2.05) is 13.8 Å². The number of ether oxygens (including phenoxy) is 1. The van der Waals surface area contributed by atoms with E-state index in [1.54, 1.807) is 18.8 Å². The molecule has 0 spiro atoms. The minimum absolute atomic E-state index is 0.232. The van der Waals surface area contributed by atoms with Gasteiger partial charge in [-0.2, -0.15) is 5.10 Å². The lowest BCUT2D eigenvalue weighted by atomic mass is 10.1. The van der Waals surface area contributed by atoms with E-state index in [1.165, 1.54) is 6.20 Å². The third-order valence-corrected chi connectivity index (χ3v) is 2.69. The average Bonchev–Trinajstić information content (AvgIpc) is 2.60. The summed E-state index contributed by atoms with van der Waals surface area (Å²) in [5, 5.41) is 16.1. The number of carboxylic acid groups (broad SMARTS) is 1. The minimum atomic E-state index is -0.957. The number of hydrogen-bond acceptors (Lipinski definition) is 4. The lowest BCUT2D eigenvalue weighted by Crippen LogP contribution is -2.36. The first kappa shape index (κ1) is 13.7. The molecule has 0 aliphatic rings. The van der Waals surface area contributed by atoms with Crippen molar-refractivity contribution < 1.29 is 14.6 Å². The summed E-state index contributed by atoms with van der Waals surface area (Å²) < 4.78 is 6.83. The summed E-state index contributed by atoms with van der Waals surface area (Å²) in [7, 11) is 3.37. The fourth-order valence-electron chi connectivity index (χ4n) is 1.41. The highest BCUT2D eigenvalue weighted by molar-refractivity contribution is 5.88. The van der Waals surface area contributed by atoms with Crippen molar-refractivity contribution in [2.24, 2.45) is 7.05 Å². The summed E-state index contributed by atoms with van der Waals surface area (Å²) in [6.45, 7) is 5.00. The largest absolute Gasteiger partial charge is 0.478 e. The Morgan fingerprint density at radius 2 is 2.29 bits per heavy atom. The van der Waals surface area contributed by atoms with Crippen LogP contribution in [0.2, 0.25) is 0 Å². The lowest BCUT2D eigenvalue weighted by Gasteiger charge is -2.23. The number of aromatic carboxylic acids is 1. The molecule has 1 aromatic heterocycles. The van der Waals surface area contributed by atoms with Gasteiger partial charge in [-0.25, -0.2) is 4.79 Å². The Morgan fingerprint density at radius 1 is 1.65 bits per heavy atom. The molecule has 0 saturated heterocycles. The first-order valence-electron chi connectivity index (χ1n) is 5.37. The van der Waals surface area contributed by atoms with Crippen molar-refractivity contribution in [1.82, 2.24) is 15.1 Å². The molecule has 0 aliphatic heterocycles. The quantitative estimate of drug-likeness (QED) is 0.764. The molecule has 1 heterocycles. The van der Waals surface area contributed by atoms with Crippen molar-refractivity contribution >= 4 is 5.97 Å². The third-order valence-electron chi connectivity index (χ3n) is 2.69. The molecule has 0 atom stereocenters. The molecule has 0 radical (unpaired) electrons. The standard InChI is InChI=1S/C11H19N3O3/c1-11(2,17-4)7-12-6-9-8(10(15)16)5-13-14(9)3/h5,12H,6-7H2,1-4H3,(H,15,16). The zero-order valence-electron chi connectivity index (χ0n) is 10.6. The van der Waals surface area contributed by atoms with Crippen molar-refractivity contribution in [3.8, 4) is 0 Å². The van der Waals surface area contributed by atoms with Crippen molar-refractivity contribution in [3.05, 3.63) is 17.5 Å². The van der Waals surface area contributed by atoms with Gasteiger partial charge >= 0.3 is 5.97 Å². The van der Waals surface area contributed by atoms with E-state index in [0.29, 0.717) is 18.8 Å². The second kappa shape index (κ2) is 5.29. The molecule has 0 saturated carbocycles. The number of rotatable bonds is 6. The molecule has 0 bridgehead atoms. The Balaban J connectivity index is 2.63. The lowest BCUT2D eigenvalue weighted by molar-refractivity contribution is 0.0229. The number of nitrogens with one attached hydrogen (secondary N) is 1. The summed E-state index contributed by atoms with van der Waals surface area (Å²) in [5.41, 5.74) is 0.613. The van der Waals surface area contributed by atoms with Gasteiger partial charge in [0.15, 0.2) is 0 Å². The minimum Gasteiger partial charge on any atom is -0.478 e. The molecule has 96 valence electrons. The maximum absolute atomic E-state index is 10.9. The number of hydrogen-bond donors (Lipinski definition) is 2. The number of aromatic nitrogens is 2. The summed E-state index contributed by atoms with van der Waals surface area (Å²) in [6, 6.07) is 0. The highest BCUT2D eigenvalue weighted by atomic mass is 16.5. The maximum atomic E-state index is 10.9. The van der Waals surface area contributed by atoms with Gasteiger partial charge in [0.05, 0.1) is 17.5 Å². The number of carbonyl (C=O) groups is 1. The van der Waals surface area contributed by atoms with Gasteiger partial charge in [0.1, 0.15) is 5.56 Å². The fourth-order valence-corrected chi connectivity index (χ4v) is 1.41. The highest BCUT2D eigenvalue weighted by Gasteiger charge is 2.18. The SMILES string of the molecule is COC(C)(C)CNCc1c(C(=O)O)cnn1C. The van der Waals surface area contributed by atoms with Crippen LogP contribution in [-0.2, 0) is 18.3 Å². The molecule has 0 aliphatic carbocycles. The fraction of sp³-hybridized carbons (Fsp3) is 0.636. The maximum Gasteiger partial charge on any atom is 0.339 e. The van der Waals surface area contributed by atoms with E-state index in [-0.39, 0.29) is 11.2 Å². The molecule has 6 nitrogen and oxygen atoms in total. The molecule has 1 aromatic rings. The van der Waals surface area contributed by atoms with Gasteiger partial charge in [-0.3, -0.25) is 4.68 Å². The molecule has 0 unspecified atom stereocenters. The first-order valence-corrected chi connectivity index (χ1v) is 5.37. The molecule has 17 heavy (non-hydrogen) atoms. The molecular formula is C11H19N3O3. The van der Waals surface area contributed by atoms with Crippen molar-refractivity contribution in [1.29, 1.82) is 0 Å². The van der Waals surface area contributed by atoms with Crippen LogP contribution < -0.4 is 5.32 Å². The zero-order chi connectivity index (χ0) is 13.1. The summed E-state index contributed by atoms with van der Waals surface area (Å²) >= 11 is 0. The van der Waals surface area contributed by atoms with E-state index >= 15 is 0 Å². The second-order valence-electron chi connectivity index (χ2n) is 4.50. The summed E-state index contributed by atoms with van der Waals surface area (Å²) in [5.74, 6) is -0.957. The van der Waals surface area contributed by atoms with Crippen LogP contribution in [0.4, 0.5) is 0 Å². The number of carboxylic acids is 1. The number of nitrogens with zero attached hydrogens (tertiary/aromatic N) is 2. The molecule has 0 aromatic carbocycles. The van der Waals surface area contributed by atoms with Gasteiger partial charge in [-0.05, 0) is 13.8 Å². The molecule has 2 N–H and O–H groups in total. The first-order chi connectivity index (χ1) is 7.87. The Labute approximate surface area is 101 Å². The van der Waals surface area contributed by atoms with Crippen LogP contribution in [0.1, 0.15) is 29.9 Å². The van der Waals surface area contributed by atoms with Crippen LogP contribution >= 0.6 is 0 Å². The molecule has 1 rings (SSSR count). The van der Waals surface area contributed by atoms with Crippen LogP contribution in [0.15, 0.2) is 6.20 Å². The predicted molar refractivity (Wildman–Crippen MR) is 63.0 cm³/mol. The van der Waals surface area contributed by atoms with Crippen molar-refractivity contribution in [3.63, 3.8) is 0 Å². The van der Waals surface area contributed by atoms with Crippen LogP contribution in [0.25, 0.3) is 0 Å². The normalized spacial score (nSPS) is 11.8. The van der Waals surface area contributed by atoms with Gasteiger partial charge in [0.2, 0.25) is 0 Å².